The largest absolute Gasteiger partial charge is 0.376 e. The number of aromatic nitrogens is 5. The highest BCUT2D eigenvalue weighted by molar-refractivity contribution is 5.48. The van der Waals surface area contributed by atoms with Gasteiger partial charge in [0, 0.05) is 12.1 Å². The lowest BCUT2D eigenvalue weighted by atomic mass is 10.1. The predicted molar refractivity (Wildman–Crippen MR) is 92.2 cm³/mol. The van der Waals surface area contributed by atoms with Crippen molar-refractivity contribution in [2.75, 3.05) is 5.32 Å². The van der Waals surface area contributed by atoms with Gasteiger partial charge in [0.05, 0.1) is 12.2 Å². The Bertz CT molecular complexity index is 916. The SMILES string of the molecule is c1ccc(Cc2noc(CNc3ccc(-n4cncn4)cc3)n2)cc1. The zero-order chi connectivity index (χ0) is 16.9. The van der Waals surface area contributed by atoms with Crippen LogP contribution in [0.25, 0.3) is 5.69 Å². The molecular formula is C18H16N6O. The van der Waals surface area contributed by atoms with Crippen LogP contribution in [0.1, 0.15) is 17.3 Å². The second-order valence-electron chi connectivity index (χ2n) is 5.51. The lowest BCUT2D eigenvalue weighted by molar-refractivity contribution is 0.378. The molecule has 25 heavy (non-hydrogen) atoms. The Labute approximate surface area is 144 Å². The summed E-state index contributed by atoms with van der Waals surface area (Å²) in [5, 5.41) is 11.4. The molecule has 0 bridgehead atoms. The van der Waals surface area contributed by atoms with E-state index in [1.165, 1.54) is 6.33 Å². The van der Waals surface area contributed by atoms with Gasteiger partial charge in [0.15, 0.2) is 5.82 Å². The van der Waals surface area contributed by atoms with Crippen LogP contribution in [-0.4, -0.2) is 24.9 Å². The summed E-state index contributed by atoms with van der Waals surface area (Å²) in [6.07, 6.45) is 3.83. The van der Waals surface area contributed by atoms with Crippen molar-refractivity contribution < 1.29 is 4.52 Å². The van der Waals surface area contributed by atoms with Crippen LogP contribution < -0.4 is 5.32 Å². The van der Waals surface area contributed by atoms with Crippen LogP contribution in [0.4, 0.5) is 5.69 Å². The second kappa shape index (κ2) is 6.96. The molecule has 7 heteroatoms. The Hall–Kier alpha value is -3.48. The summed E-state index contributed by atoms with van der Waals surface area (Å²) >= 11 is 0. The second-order valence-corrected chi connectivity index (χ2v) is 5.51. The molecule has 1 N–H and O–H groups in total. The minimum atomic E-state index is 0.477. The standard InChI is InChI=1S/C18H16N6O/c1-2-4-14(5-3-1)10-17-22-18(25-23-17)11-20-15-6-8-16(9-7-15)24-13-19-12-21-24/h1-9,12-13,20H,10-11H2. The Kier molecular flexibility index (Phi) is 4.20. The van der Waals surface area contributed by atoms with E-state index in [0.29, 0.717) is 24.7 Å². The number of hydrogen-bond acceptors (Lipinski definition) is 6. The number of nitrogens with one attached hydrogen (secondary N) is 1. The maximum Gasteiger partial charge on any atom is 0.245 e. The fourth-order valence-electron chi connectivity index (χ4n) is 2.46. The van der Waals surface area contributed by atoms with Crippen LogP contribution in [0.5, 0.6) is 0 Å². The van der Waals surface area contributed by atoms with E-state index in [1.807, 2.05) is 54.6 Å². The van der Waals surface area contributed by atoms with Gasteiger partial charge in [0.25, 0.3) is 0 Å². The molecule has 0 aliphatic heterocycles. The first kappa shape index (κ1) is 15.1. The van der Waals surface area contributed by atoms with Crippen molar-refractivity contribution in [3.8, 4) is 5.69 Å². The van der Waals surface area contributed by atoms with Gasteiger partial charge in [-0.15, -0.1) is 0 Å². The molecule has 0 saturated carbocycles. The van der Waals surface area contributed by atoms with Gasteiger partial charge in [-0.3, -0.25) is 0 Å². The van der Waals surface area contributed by atoms with E-state index < -0.39 is 0 Å². The van der Waals surface area contributed by atoms with Gasteiger partial charge in [0.2, 0.25) is 5.89 Å². The van der Waals surface area contributed by atoms with Crippen molar-refractivity contribution in [2.24, 2.45) is 0 Å². The van der Waals surface area contributed by atoms with Gasteiger partial charge in [-0.2, -0.15) is 10.1 Å². The molecule has 0 aliphatic carbocycles. The molecule has 7 nitrogen and oxygen atoms in total. The molecule has 2 heterocycles. The van der Waals surface area contributed by atoms with Crippen LogP contribution in [0.15, 0.2) is 71.8 Å². The minimum absolute atomic E-state index is 0.477. The number of nitrogens with zero attached hydrogens (tertiary/aromatic N) is 5. The van der Waals surface area contributed by atoms with Crippen molar-refractivity contribution in [1.29, 1.82) is 0 Å². The van der Waals surface area contributed by atoms with Crippen LogP contribution in [0.2, 0.25) is 0 Å². The lowest BCUT2D eigenvalue weighted by Crippen LogP contribution is -2.01. The maximum absolute atomic E-state index is 5.30. The Morgan fingerprint density at radius 2 is 1.84 bits per heavy atom. The van der Waals surface area contributed by atoms with E-state index >= 15 is 0 Å². The maximum atomic E-state index is 5.30. The third-order valence-corrected chi connectivity index (χ3v) is 3.71. The molecular weight excluding hydrogens is 316 g/mol. The first-order valence-electron chi connectivity index (χ1n) is 7.91. The zero-order valence-corrected chi connectivity index (χ0v) is 13.4. The van der Waals surface area contributed by atoms with Crippen LogP contribution >= 0.6 is 0 Å². The van der Waals surface area contributed by atoms with E-state index in [2.05, 4.69) is 25.5 Å². The highest BCUT2D eigenvalue weighted by Gasteiger charge is 2.07. The summed E-state index contributed by atoms with van der Waals surface area (Å²) in [5.41, 5.74) is 3.07. The monoisotopic (exact) mass is 332 g/mol. The molecule has 2 aromatic carbocycles. The zero-order valence-electron chi connectivity index (χ0n) is 13.4. The van der Waals surface area contributed by atoms with E-state index in [4.69, 9.17) is 4.52 Å². The normalized spacial score (nSPS) is 10.7. The van der Waals surface area contributed by atoms with Gasteiger partial charge >= 0.3 is 0 Å². The molecule has 0 unspecified atom stereocenters. The van der Waals surface area contributed by atoms with Crippen molar-refractivity contribution in [3.63, 3.8) is 0 Å². The van der Waals surface area contributed by atoms with Crippen molar-refractivity contribution in [3.05, 3.63) is 84.5 Å². The summed E-state index contributed by atoms with van der Waals surface area (Å²) < 4.78 is 7.00. The fourth-order valence-corrected chi connectivity index (χ4v) is 2.46. The Morgan fingerprint density at radius 1 is 1.00 bits per heavy atom. The van der Waals surface area contributed by atoms with Crippen LogP contribution in [0, 0.1) is 0 Å². The first-order chi connectivity index (χ1) is 12.4. The third kappa shape index (κ3) is 3.72. The van der Waals surface area contributed by atoms with Crippen LogP contribution in [0.3, 0.4) is 0 Å². The highest BCUT2D eigenvalue weighted by Crippen LogP contribution is 2.13. The average molecular weight is 332 g/mol. The predicted octanol–water partition coefficient (Wildman–Crippen LogP) is 2.85. The van der Waals surface area contributed by atoms with Gasteiger partial charge in [-0.05, 0) is 29.8 Å². The molecule has 124 valence electrons. The fraction of sp³-hybridized carbons (Fsp3) is 0.111. The van der Waals surface area contributed by atoms with Gasteiger partial charge < -0.3 is 9.84 Å². The Morgan fingerprint density at radius 3 is 2.60 bits per heavy atom. The van der Waals surface area contributed by atoms with Gasteiger partial charge in [-0.25, -0.2) is 9.67 Å². The molecule has 0 spiro atoms. The number of anilines is 1. The molecule has 0 saturated heterocycles. The average Bonchev–Trinajstić information content (AvgIpc) is 3.33. The number of rotatable bonds is 6. The van der Waals surface area contributed by atoms with Crippen molar-refractivity contribution in [2.45, 2.75) is 13.0 Å². The Balaban J connectivity index is 1.35. The summed E-state index contributed by atoms with van der Waals surface area (Å²) in [6.45, 7) is 0.477. The van der Waals surface area contributed by atoms with E-state index in [1.54, 1.807) is 11.0 Å². The van der Waals surface area contributed by atoms with Gasteiger partial charge in [0.1, 0.15) is 12.7 Å². The summed E-state index contributed by atoms with van der Waals surface area (Å²) in [7, 11) is 0. The number of hydrogen-bond donors (Lipinski definition) is 1. The molecule has 0 radical (unpaired) electrons. The quantitative estimate of drug-likeness (QED) is 0.585. The lowest BCUT2D eigenvalue weighted by Gasteiger charge is -2.05. The summed E-state index contributed by atoms with van der Waals surface area (Å²) in [6, 6.07) is 18.0. The van der Waals surface area contributed by atoms with E-state index in [9.17, 15) is 0 Å². The molecule has 4 aromatic rings. The summed E-state index contributed by atoms with van der Waals surface area (Å²) in [4.78, 5) is 8.35. The number of benzene rings is 2. The third-order valence-electron chi connectivity index (χ3n) is 3.71. The van der Waals surface area contributed by atoms with Crippen molar-refractivity contribution >= 4 is 5.69 Å². The smallest absolute Gasteiger partial charge is 0.245 e. The molecule has 2 aromatic heterocycles. The highest BCUT2D eigenvalue weighted by atomic mass is 16.5. The molecule has 4 rings (SSSR count). The first-order valence-corrected chi connectivity index (χ1v) is 7.91. The van der Waals surface area contributed by atoms with Crippen LogP contribution in [-0.2, 0) is 13.0 Å². The minimum Gasteiger partial charge on any atom is -0.376 e. The van der Waals surface area contributed by atoms with E-state index in [0.717, 1.165) is 16.9 Å². The summed E-state index contributed by atoms with van der Waals surface area (Å²) in [5.74, 6) is 1.25. The molecule has 0 atom stereocenters. The topological polar surface area (TPSA) is 81.7 Å². The molecule has 0 aliphatic rings. The van der Waals surface area contributed by atoms with Gasteiger partial charge in [-0.1, -0.05) is 35.5 Å². The van der Waals surface area contributed by atoms with E-state index in [-0.39, 0.29) is 0 Å². The molecule has 0 amide bonds. The van der Waals surface area contributed by atoms with Crippen molar-refractivity contribution in [1.82, 2.24) is 24.9 Å². The molecule has 0 fully saturated rings.